The van der Waals surface area contributed by atoms with Crippen molar-refractivity contribution >= 4 is 5.69 Å². The fraction of sp³-hybridized carbons (Fsp3) is 0.625. The molecule has 0 saturated heterocycles. The average molecular weight is 264 g/mol. The molecular formula is C16H28N2O. The predicted octanol–water partition coefficient (Wildman–Crippen LogP) is 2.81. The topological polar surface area (TPSA) is 35.5 Å². The molecular weight excluding hydrogens is 236 g/mol. The fourth-order valence-electron chi connectivity index (χ4n) is 2.41. The number of aliphatic hydroxyl groups excluding tert-OH is 1. The molecule has 0 amide bonds. The average Bonchev–Trinajstić information content (AvgIpc) is 2.35. The first kappa shape index (κ1) is 16.0. The SMILES string of the molecule is CC(O)CC(C)CNC(C)c1ccccc1N(C)C. The Morgan fingerprint density at radius 3 is 2.37 bits per heavy atom. The van der Waals surface area contributed by atoms with Gasteiger partial charge in [-0.05, 0) is 44.4 Å². The van der Waals surface area contributed by atoms with E-state index in [2.05, 4.69) is 62.4 Å². The Morgan fingerprint density at radius 2 is 1.79 bits per heavy atom. The predicted molar refractivity (Wildman–Crippen MR) is 82.6 cm³/mol. The summed E-state index contributed by atoms with van der Waals surface area (Å²) in [4.78, 5) is 2.15. The highest BCUT2D eigenvalue weighted by Crippen LogP contribution is 2.24. The number of anilines is 1. The highest BCUT2D eigenvalue weighted by atomic mass is 16.3. The van der Waals surface area contributed by atoms with Gasteiger partial charge in [0.15, 0.2) is 0 Å². The molecule has 0 heterocycles. The fourth-order valence-corrected chi connectivity index (χ4v) is 2.41. The Bertz CT molecular complexity index is 377. The summed E-state index contributed by atoms with van der Waals surface area (Å²) in [5, 5.41) is 12.9. The number of hydrogen-bond donors (Lipinski definition) is 2. The van der Waals surface area contributed by atoms with Crippen molar-refractivity contribution in [2.24, 2.45) is 5.92 Å². The molecule has 3 atom stereocenters. The summed E-state index contributed by atoms with van der Waals surface area (Å²) in [6, 6.07) is 8.79. The van der Waals surface area contributed by atoms with Crippen LogP contribution in [0.15, 0.2) is 24.3 Å². The number of nitrogens with zero attached hydrogens (tertiary/aromatic N) is 1. The number of nitrogens with one attached hydrogen (secondary N) is 1. The lowest BCUT2D eigenvalue weighted by Gasteiger charge is -2.24. The van der Waals surface area contributed by atoms with Gasteiger partial charge in [0.05, 0.1) is 6.10 Å². The Kier molecular flexibility index (Phi) is 6.32. The van der Waals surface area contributed by atoms with Crippen LogP contribution in [-0.2, 0) is 0 Å². The molecule has 1 aromatic rings. The molecule has 0 bridgehead atoms. The maximum atomic E-state index is 9.39. The maximum Gasteiger partial charge on any atom is 0.0515 e. The van der Waals surface area contributed by atoms with Gasteiger partial charge in [0, 0.05) is 25.8 Å². The number of benzene rings is 1. The van der Waals surface area contributed by atoms with Crippen LogP contribution in [0, 0.1) is 5.92 Å². The smallest absolute Gasteiger partial charge is 0.0515 e. The van der Waals surface area contributed by atoms with Crippen molar-refractivity contribution in [2.75, 3.05) is 25.5 Å². The Balaban J connectivity index is 2.61. The Labute approximate surface area is 117 Å². The third-order valence-corrected chi connectivity index (χ3v) is 3.40. The molecule has 0 aliphatic carbocycles. The second-order valence-corrected chi connectivity index (χ2v) is 5.77. The van der Waals surface area contributed by atoms with Crippen molar-refractivity contribution in [3.63, 3.8) is 0 Å². The minimum Gasteiger partial charge on any atom is -0.393 e. The summed E-state index contributed by atoms with van der Waals surface area (Å²) < 4.78 is 0. The zero-order valence-corrected chi connectivity index (χ0v) is 12.9. The molecule has 3 heteroatoms. The van der Waals surface area contributed by atoms with E-state index in [0.29, 0.717) is 12.0 Å². The van der Waals surface area contributed by atoms with E-state index in [9.17, 15) is 5.11 Å². The van der Waals surface area contributed by atoms with Crippen LogP contribution in [0.3, 0.4) is 0 Å². The van der Waals surface area contributed by atoms with Gasteiger partial charge in [0.25, 0.3) is 0 Å². The lowest BCUT2D eigenvalue weighted by atomic mass is 10.0. The lowest BCUT2D eigenvalue weighted by molar-refractivity contribution is 0.162. The van der Waals surface area contributed by atoms with Gasteiger partial charge in [-0.15, -0.1) is 0 Å². The normalized spacial score (nSPS) is 15.9. The quantitative estimate of drug-likeness (QED) is 0.795. The first-order valence-corrected chi connectivity index (χ1v) is 7.09. The third-order valence-electron chi connectivity index (χ3n) is 3.40. The molecule has 3 nitrogen and oxygen atoms in total. The Hall–Kier alpha value is -1.06. The Morgan fingerprint density at radius 1 is 1.16 bits per heavy atom. The zero-order valence-electron chi connectivity index (χ0n) is 12.9. The number of hydrogen-bond acceptors (Lipinski definition) is 3. The van der Waals surface area contributed by atoms with Crippen LogP contribution >= 0.6 is 0 Å². The molecule has 0 radical (unpaired) electrons. The second kappa shape index (κ2) is 7.51. The van der Waals surface area contributed by atoms with E-state index in [1.165, 1.54) is 11.3 Å². The van der Waals surface area contributed by atoms with E-state index in [1.54, 1.807) is 0 Å². The van der Waals surface area contributed by atoms with Gasteiger partial charge in [-0.3, -0.25) is 0 Å². The zero-order chi connectivity index (χ0) is 14.4. The molecule has 0 aliphatic heterocycles. The summed E-state index contributed by atoms with van der Waals surface area (Å²) in [6.45, 7) is 7.14. The van der Waals surface area contributed by atoms with Gasteiger partial charge in [-0.2, -0.15) is 0 Å². The van der Waals surface area contributed by atoms with Gasteiger partial charge in [0.2, 0.25) is 0 Å². The van der Waals surface area contributed by atoms with Crippen molar-refractivity contribution in [1.29, 1.82) is 0 Å². The molecule has 108 valence electrons. The molecule has 0 aliphatic rings. The van der Waals surface area contributed by atoms with Crippen LogP contribution in [-0.4, -0.2) is 31.9 Å². The molecule has 2 N–H and O–H groups in total. The molecule has 0 saturated carbocycles. The highest BCUT2D eigenvalue weighted by Gasteiger charge is 2.13. The molecule has 19 heavy (non-hydrogen) atoms. The van der Waals surface area contributed by atoms with E-state index in [-0.39, 0.29) is 6.10 Å². The van der Waals surface area contributed by atoms with Crippen molar-refractivity contribution < 1.29 is 5.11 Å². The van der Waals surface area contributed by atoms with Gasteiger partial charge in [0.1, 0.15) is 0 Å². The van der Waals surface area contributed by atoms with Crippen molar-refractivity contribution in [3.8, 4) is 0 Å². The summed E-state index contributed by atoms with van der Waals surface area (Å²) in [5.41, 5.74) is 2.57. The maximum absolute atomic E-state index is 9.39. The number of aliphatic hydroxyl groups is 1. The lowest BCUT2D eigenvalue weighted by Crippen LogP contribution is -2.27. The molecule has 0 spiro atoms. The van der Waals surface area contributed by atoms with E-state index in [4.69, 9.17) is 0 Å². The standard InChI is InChI=1S/C16H28N2O/c1-12(10-13(2)19)11-17-14(3)15-8-6-7-9-16(15)18(4)5/h6-9,12-14,17,19H,10-11H2,1-5H3. The minimum absolute atomic E-state index is 0.221. The van der Waals surface area contributed by atoms with Gasteiger partial charge in [-0.25, -0.2) is 0 Å². The molecule has 0 aromatic heterocycles. The van der Waals surface area contributed by atoms with Gasteiger partial charge in [-0.1, -0.05) is 25.1 Å². The molecule has 1 aromatic carbocycles. The number of para-hydroxylation sites is 1. The largest absolute Gasteiger partial charge is 0.393 e. The first-order valence-electron chi connectivity index (χ1n) is 7.09. The van der Waals surface area contributed by atoms with Crippen LogP contribution in [0.2, 0.25) is 0 Å². The monoisotopic (exact) mass is 264 g/mol. The van der Waals surface area contributed by atoms with Crippen LogP contribution in [0.1, 0.15) is 38.8 Å². The summed E-state index contributed by atoms with van der Waals surface area (Å²) in [5.74, 6) is 0.481. The van der Waals surface area contributed by atoms with Crippen molar-refractivity contribution in [1.82, 2.24) is 5.32 Å². The summed E-state index contributed by atoms with van der Waals surface area (Å²) in [7, 11) is 4.14. The van der Waals surface area contributed by atoms with Crippen molar-refractivity contribution in [3.05, 3.63) is 29.8 Å². The van der Waals surface area contributed by atoms with Crippen molar-refractivity contribution in [2.45, 2.75) is 39.3 Å². The first-order chi connectivity index (χ1) is 8.91. The van der Waals surface area contributed by atoms with Gasteiger partial charge < -0.3 is 15.3 Å². The number of rotatable bonds is 7. The van der Waals surface area contributed by atoms with Crippen LogP contribution in [0.5, 0.6) is 0 Å². The van der Waals surface area contributed by atoms with E-state index >= 15 is 0 Å². The molecule has 3 unspecified atom stereocenters. The van der Waals surface area contributed by atoms with Crippen LogP contribution in [0.4, 0.5) is 5.69 Å². The summed E-state index contributed by atoms with van der Waals surface area (Å²) >= 11 is 0. The van der Waals surface area contributed by atoms with Gasteiger partial charge >= 0.3 is 0 Å². The van der Waals surface area contributed by atoms with Crippen LogP contribution < -0.4 is 10.2 Å². The van der Waals surface area contributed by atoms with Crippen LogP contribution in [0.25, 0.3) is 0 Å². The molecule has 1 rings (SSSR count). The van der Waals surface area contributed by atoms with E-state index in [0.717, 1.165) is 13.0 Å². The minimum atomic E-state index is -0.221. The second-order valence-electron chi connectivity index (χ2n) is 5.77. The summed E-state index contributed by atoms with van der Waals surface area (Å²) in [6.07, 6.45) is 0.621. The third kappa shape index (κ3) is 5.21. The van der Waals surface area contributed by atoms with E-state index in [1.807, 2.05) is 6.92 Å². The highest BCUT2D eigenvalue weighted by molar-refractivity contribution is 5.53. The molecule has 0 fully saturated rings. The van der Waals surface area contributed by atoms with E-state index < -0.39 is 0 Å².